The van der Waals surface area contributed by atoms with E-state index in [1.54, 1.807) is 0 Å². The predicted molar refractivity (Wildman–Crippen MR) is 102 cm³/mol. The van der Waals surface area contributed by atoms with Gasteiger partial charge in [0.1, 0.15) is 5.82 Å². The van der Waals surface area contributed by atoms with Crippen molar-refractivity contribution < 1.29 is 4.79 Å². The quantitative estimate of drug-likeness (QED) is 0.732. The van der Waals surface area contributed by atoms with Gasteiger partial charge in [-0.15, -0.1) is 0 Å². The molecule has 4 rings (SSSR count). The molecule has 5 heteroatoms. The van der Waals surface area contributed by atoms with E-state index in [0.29, 0.717) is 17.4 Å². The molecule has 0 bridgehead atoms. The van der Waals surface area contributed by atoms with Gasteiger partial charge in [0.05, 0.1) is 0 Å². The highest BCUT2D eigenvalue weighted by atomic mass is 16.1. The van der Waals surface area contributed by atoms with Crippen molar-refractivity contribution in [1.29, 1.82) is 0 Å². The van der Waals surface area contributed by atoms with E-state index in [-0.39, 0.29) is 5.91 Å². The minimum atomic E-state index is -0.0179. The van der Waals surface area contributed by atoms with E-state index in [2.05, 4.69) is 20.6 Å². The van der Waals surface area contributed by atoms with Crippen LogP contribution in [0.2, 0.25) is 0 Å². The van der Waals surface area contributed by atoms with Crippen LogP contribution in [0, 0.1) is 6.92 Å². The number of rotatable bonds is 5. The van der Waals surface area contributed by atoms with Crippen LogP contribution in [0.25, 0.3) is 11.4 Å². The first-order valence-corrected chi connectivity index (χ1v) is 8.76. The maximum atomic E-state index is 12.1. The number of nitrogens with zero attached hydrogens (tertiary/aromatic N) is 2. The van der Waals surface area contributed by atoms with Gasteiger partial charge in [-0.1, -0.05) is 30.3 Å². The normalized spacial score (nSPS) is 13.3. The highest BCUT2D eigenvalue weighted by Crippen LogP contribution is 2.22. The van der Waals surface area contributed by atoms with Gasteiger partial charge in [0.2, 0.25) is 0 Å². The van der Waals surface area contributed by atoms with Crippen molar-refractivity contribution in [1.82, 2.24) is 15.3 Å². The zero-order chi connectivity index (χ0) is 17.9. The molecular weight excluding hydrogens is 324 g/mol. The van der Waals surface area contributed by atoms with Crippen molar-refractivity contribution >= 4 is 17.4 Å². The Morgan fingerprint density at radius 3 is 2.42 bits per heavy atom. The van der Waals surface area contributed by atoms with Crippen LogP contribution in [0.15, 0.2) is 60.7 Å². The maximum Gasteiger partial charge on any atom is 0.251 e. The van der Waals surface area contributed by atoms with Crippen LogP contribution in [0.4, 0.5) is 11.5 Å². The molecule has 1 heterocycles. The van der Waals surface area contributed by atoms with Crippen molar-refractivity contribution in [2.75, 3.05) is 5.32 Å². The van der Waals surface area contributed by atoms with Crippen molar-refractivity contribution in [3.8, 4) is 11.4 Å². The Morgan fingerprint density at radius 2 is 1.73 bits per heavy atom. The minimum absolute atomic E-state index is 0.0179. The summed E-state index contributed by atoms with van der Waals surface area (Å²) in [6, 6.07) is 19.6. The van der Waals surface area contributed by atoms with Gasteiger partial charge >= 0.3 is 0 Å². The van der Waals surface area contributed by atoms with E-state index in [4.69, 9.17) is 0 Å². The lowest BCUT2D eigenvalue weighted by Crippen LogP contribution is -2.25. The van der Waals surface area contributed by atoms with E-state index in [1.165, 1.54) is 0 Å². The summed E-state index contributed by atoms with van der Waals surface area (Å²) >= 11 is 0. The van der Waals surface area contributed by atoms with E-state index in [1.807, 2.05) is 67.6 Å². The van der Waals surface area contributed by atoms with Crippen LogP contribution < -0.4 is 10.6 Å². The largest absolute Gasteiger partial charge is 0.349 e. The number of hydrogen-bond donors (Lipinski definition) is 2. The molecule has 1 aliphatic carbocycles. The smallest absolute Gasteiger partial charge is 0.251 e. The number of aromatic nitrogens is 2. The van der Waals surface area contributed by atoms with Gasteiger partial charge in [-0.2, -0.15) is 0 Å². The van der Waals surface area contributed by atoms with Gasteiger partial charge in [-0.3, -0.25) is 4.79 Å². The van der Waals surface area contributed by atoms with Gasteiger partial charge in [0.15, 0.2) is 5.82 Å². The molecule has 1 amide bonds. The molecular formula is C21H20N4O. The fraction of sp³-hybridized carbons (Fsp3) is 0.190. The van der Waals surface area contributed by atoms with E-state index in [0.717, 1.165) is 35.6 Å². The van der Waals surface area contributed by atoms with Crippen molar-refractivity contribution in [2.45, 2.75) is 25.8 Å². The molecule has 0 unspecified atom stereocenters. The van der Waals surface area contributed by atoms with Crippen LogP contribution in [-0.2, 0) is 0 Å². The summed E-state index contributed by atoms with van der Waals surface area (Å²) in [7, 11) is 0. The Balaban J connectivity index is 1.55. The fourth-order valence-electron chi connectivity index (χ4n) is 2.70. The molecule has 0 saturated heterocycles. The van der Waals surface area contributed by atoms with Gasteiger partial charge in [0.25, 0.3) is 5.91 Å². The number of para-hydroxylation sites is 1. The topological polar surface area (TPSA) is 66.9 Å². The fourth-order valence-corrected chi connectivity index (χ4v) is 2.70. The molecule has 0 radical (unpaired) electrons. The Kier molecular flexibility index (Phi) is 4.35. The third-order valence-corrected chi connectivity index (χ3v) is 4.22. The summed E-state index contributed by atoms with van der Waals surface area (Å²) in [5.41, 5.74) is 3.40. The van der Waals surface area contributed by atoms with Crippen molar-refractivity contribution in [3.05, 3.63) is 71.9 Å². The van der Waals surface area contributed by atoms with Gasteiger partial charge < -0.3 is 10.6 Å². The first kappa shape index (κ1) is 16.3. The lowest BCUT2D eigenvalue weighted by molar-refractivity contribution is 0.0951. The number of carbonyl (C=O) groups is 1. The molecule has 1 saturated carbocycles. The molecule has 1 aromatic heterocycles. The van der Waals surface area contributed by atoms with Crippen molar-refractivity contribution in [3.63, 3.8) is 0 Å². The highest BCUT2D eigenvalue weighted by Gasteiger charge is 2.23. The summed E-state index contributed by atoms with van der Waals surface area (Å²) in [5, 5.41) is 6.29. The first-order valence-electron chi connectivity index (χ1n) is 8.76. The average Bonchev–Trinajstić information content (AvgIpc) is 3.46. The number of nitrogens with one attached hydrogen (secondary N) is 2. The van der Waals surface area contributed by atoms with Gasteiger partial charge in [-0.05, 0) is 44.0 Å². The zero-order valence-corrected chi connectivity index (χ0v) is 14.6. The summed E-state index contributed by atoms with van der Waals surface area (Å²) in [6.45, 7) is 1.94. The average molecular weight is 344 g/mol. The van der Waals surface area contributed by atoms with Crippen LogP contribution in [0.1, 0.15) is 28.9 Å². The minimum Gasteiger partial charge on any atom is -0.349 e. The lowest BCUT2D eigenvalue weighted by atomic mass is 10.1. The van der Waals surface area contributed by atoms with Gasteiger partial charge in [-0.25, -0.2) is 9.97 Å². The van der Waals surface area contributed by atoms with Gasteiger partial charge in [0, 0.05) is 34.6 Å². The molecule has 2 aromatic carbocycles. The van der Waals surface area contributed by atoms with E-state index in [9.17, 15) is 4.79 Å². The standard InChI is InChI=1S/C21H20N4O/c1-14-13-19(23-17-5-3-2-4-6-17)25-20(22-14)15-7-9-16(10-8-15)21(26)24-18-11-12-18/h2-10,13,18H,11-12H2,1H3,(H,24,26)(H,22,23,25). The monoisotopic (exact) mass is 344 g/mol. The molecule has 3 aromatic rings. The summed E-state index contributed by atoms with van der Waals surface area (Å²) < 4.78 is 0. The number of benzene rings is 2. The summed E-state index contributed by atoms with van der Waals surface area (Å²) in [4.78, 5) is 21.2. The molecule has 0 aliphatic heterocycles. The Labute approximate surface area is 152 Å². The van der Waals surface area contributed by atoms with E-state index < -0.39 is 0 Å². The number of carbonyl (C=O) groups excluding carboxylic acids is 1. The second-order valence-corrected chi connectivity index (χ2v) is 6.53. The maximum absolute atomic E-state index is 12.1. The third-order valence-electron chi connectivity index (χ3n) is 4.22. The first-order chi connectivity index (χ1) is 12.7. The van der Waals surface area contributed by atoms with Crippen LogP contribution >= 0.6 is 0 Å². The Hall–Kier alpha value is -3.21. The molecule has 5 nitrogen and oxygen atoms in total. The van der Waals surface area contributed by atoms with Crippen molar-refractivity contribution in [2.24, 2.45) is 0 Å². The summed E-state index contributed by atoms with van der Waals surface area (Å²) in [6.07, 6.45) is 2.16. The lowest BCUT2D eigenvalue weighted by Gasteiger charge is -2.09. The number of aryl methyl sites for hydroxylation is 1. The molecule has 1 fully saturated rings. The second kappa shape index (κ2) is 6.96. The second-order valence-electron chi connectivity index (χ2n) is 6.53. The third kappa shape index (κ3) is 3.88. The Morgan fingerprint density at radius 1 is 1.00 bits per heavy atom. The summed E-state index contributed by atoms with van der Waals surface area (Å²) in [5.74, 6) is 1.36. The van der Waals surface area contributed by atoms with Crippen LogP contribution in [-0.4, -0.2) is 21.9 Å². The van der Waals surface area contributed by atoms with Crippen LogP contribution in [0.3, 0.4) is 0 Å². The number of hydrogen-bond acceptors (Lipinski definition) is 4. The molecule has 26 heavy (non-hydrogen) atoms. The molecule has 0 spiro atoms. The SMILES string of the molecule is Cc1cc(Nc2ccccc2)nc(-c2ccc(C(=O)NC3CC3)cc2)n1. The Bertz CT molecular complexity index is 919. The molecule has 130 valence electrons. The number of anilines is 2. The molecule has 0 atom stereocenters. The zero-order valence-electron chi connectivity index (χ0n) is 14.6. The molecule has 1 aliphatic rings. The number of amides is 1. The van der Waals surface area contributed by atoms with Crippen LogP contribution in [0.5, 0.6) is 0 Å². The van der Waals surface area contributed by atoms with E-state index >= 15 is 0 Å². The molecule has 2 N–H and O–H groups in total. The predicted octanol–water partition coefficient (Wildman–Crippen LogP) is 4.09. The highest BCUT2D eigenvalue weighted by molar-refractivity contribution is 5.95.